The maximum absolute atomic E-state index is 3.68. The van der Waals surface area contributed by atoms with E-state index in [1.807, 2.05) is 0 Å². The molecule has 2 nitrogen and oxygen atoms in total. The van der Waals surface area contributed by atoms with Gasteiger partial charge < -0.3 is 10.2 Å². The average Bonchev–Trinajstić information content (AvgIpc) is 3.29. The third-order valence-electron chi connectivity index (χ3n) is 4.54. The van der Waals surface area contributed by atoms with Gasteiger partial charge in [0.1, 0.15) is 0 Å². The van der Waals surface area contributed by atoms with Crippen LogP contribution in [-0.2, 0) is 6.42 Å². The molecule has 0 amide bonds. The van der Waals surface area contributed by atoms with Crippen LogP contribution in [0.5, 0.6) is 0 Å². The lowest BCUT2D eigenvalue weighted by Gasteiger charge is -2.32. The Kier molecular flexibility index (Phi) is 4.52. The van der Waals surface area contributed by atoms with Gasteiger partial charge in [-0.25, -0.2) is 0 Å². The average molecular weight is 258 g/mol. The number of benzene rings is 1. The summed E-state index contributed by atoms with van der Waals surface area (Å²) in [5.74, 6) is 0.925. The third-order valence-corrected chi connectivity index (χ3v) is 4.54. The summed E-state index contributed by atoms with van der Waals surface area (Å²) >= 11 is 0. The van der Waals surface area contributed by atoms with Crippen molar-refractivity contribution in [3.8, 4) is 0 Å². The maximum Gasteiger partial charge on any atom is 0.00683 e. The lowest BCUT2D eigenvalue weighted by molar-refractivity contribution is 0.184. The van der Waals surface area contributed by atoms with Crippen molar-refractivity contribution >= 4 is 0 Å². The number of nitrogens with one attached hydrogen (secondary N) is 1. The van der Waals surface area contributed by atoms with Crippen LogP contribution in [0.4, 0.5) is 0 Å². The molecule has 0 spiro atoms. The standard InChI is InChI=1S/C17H26N2/c1-2-4-15(5-3-1)8-11-19-12-9-16(10-13-19)14-18-17-6-7-17/h1-5,16-18H,6-14H2. The summed E-state index contributed by atoms with van der Waals surface area (Å²) in [6.45, 7) is 5.08. The zero-order valence-electron chi connectivity index (χ0n) is 11.9. The van der Waals surface area contributed by atoms with Gasteiger partial charge >= 0.3 is 0 Å². The summed E-state index contributed by atoms with van der Waals surface area (Å²) in [7, 11) is 0. The molecule has 0 aromatic heterocycles. The molecule has 0 unspecified atom stereocenters. The van der Waals surface area contributed by atoms with Crippen molar-refractivity contribution in [1.29, 1.82) is 0 Å². The fraction of sp³-hybridized carbons (Fsp3) is 0.647. The molecule has 3 rings (SSSR count). The predicted octanol–water partition coefficient (Wildman–Crippen LogP) is 2.69. The van der Waals surface area contributed by atoms with E-state index in [1.165, 1.54) is 63.8 Å². The molecule has 1 saturated heterocycles. The van der Waals surface area contributed by atoms with Gasteiger partial charge in [-0.2, -0.15) is 0 Å². The van der Waals surface area contributed by atoms with Crippen molar-refractivity contribution in [2.75, 3.05) is 26.2 Å². The number of hydrogen-bond donors (Lipinski definition) is 1. The molecule has 1 aliphatic carbocycles. The van der Waals surface area contributed by atoms with Gasteiger partial charge in [0.2, 0.25) is 0 Å². The van der Waals surface area contributed by atoms with Crippen molar-refractivity contribution in [2.45, 2.75) is 38.1 Å². The molecule has 1 aliphatic heterocycles. The molecule has 0 radical (unpaired) electrons. The highest BCUT2D eigenvalue weighted by Gasteiger charge is 2.24. The van der Waals surface area contributed by atoms with E-state index in [4.69, 9.17) is 0 Å². The topological polar surface area (TPSA) is 15.3 Å². The van der Waals surface area contributed by atoms with Gasteiger partial charge in [0.15, 0.2) is 0 Å². The fourth-order valence-corrected chi connectivity index (χ4v) is 2.97. The zero-order valence-corrected chi connectivity index (χ0v) is 11.9. The van der Waals surface area contributed by atoms with Crippen molar-refractivity contribution < 1.29 is 0 Å². The van der Waals surface area contributed by atoms with Gasteiger partial charge in [-0.05, 0) is 63.2 Å². The number of nitrogens with zero attached hydrogens (tertiary/aromatic N) is 1. The van der Waals surface area contributed by atoms with Crippen LogP contribution in [0.3, 0.4) is 0 Å². The molecule has 2 aliphatic rings. The highest BCUT2D eigenvalue weighted by atomic mass is 15.1. The van der Waals surface area contributed by atoms with E-state index in [0.29, 0.717) is 0 Å². The summed E-state index contributed by atoms with van der Waals surface area (Å²) in [5.41, 5.74) is 1.47. The zero-order chi connectivity index (χ0) is 12.9. The largest absolute Gasteiger partial charge is 0.314 e. The molecule has 104 valence electrons. The molecule has 1 aromatic carbocycles. The van der Waals surface area contributed by atoms with Crippen molar-refractivity contribution in [1.82, 2.24) is 10.2 Å². The second-order valence-electron chi connectivity index (χ2n) is 6.20. The molecule has 0 bridgehead atoms. The summed E-state index contributed by atoms with van der Waals surface area (Å²) in [5, 5.41) is 3.68. The Bertz CT molecular complexity index is 364. The number of likely N-dealkylation sites (tertiary alicyclic amines) is 1. The Morgan fingerprint density at radius 3 is 2.42 bits per heavy atom. The number of hydrogen-bond acceptors (Lipinski definition) is 2. The molecule has 19 heavy (non-hydrogen) atoms. The van der Waals surface area contributed by atoms with Gasteiger partial charge in [0, 0.05) is 12.6 Å². The molecular formula is C17H26N2. The van der Waals surface area contributed by atoms with Crippen LogP contribution >= 0.6 is 0 Å². The van der Waals surface area contributed by atoms with Gasteiger partial charge in [-0.15, -0.1) is 0 Å². The minimum atomic E-state index is 0.871. The van der Waals surface area contributed by atoms with Gasteiger partial charge in [0.25, 0.3) is 0 Å². The smallest absolute Gasteiger partial charge is 0.00683 e. The second-order valence-corrected chi connectivity index (χ2v) is 6.20. The first-order chi connectivity index (χ1) is 9.40. The molecule has 1 N–H and O–H groups in total. The molecule has 1 heterocycles. The van der Waals surface area contributed by atoms with E-state index >= 15 is 0 Å². The second kappa shape index (κ2) is 6.53. The van der Waals surface area contributed by atoms with Crippen LogP contribution in [0.15, 0.2) is 30.3 Å². The molecular weight excluding hydrogens is 232 g/mol. The van der Waals surface area contributed by atoms with E-state index in [2.05, 4.69) is 40.5 Å². The van der Waals surface area contributed by atoms with E-state index in [0.717, 1.165) is 12.0 Å². The highest BCUT2D eigenvalue weighted by Crippen LogP contribution is 2.21. The van der Waals surface area contributed by atoms with Crippen LogP contribution < -0.4 is 5.32 Å². The quantitative estimate of drug-likeness (QED) is 0.844. The monoisotopic (exact) mass is 258 g/mol. The SMILES string of the molecule is c1ccc(CCN2CCC(CNC3CC3)CC2)cc1. The van der Waals surface area contributed by atoms with Gasteiger partial charge in [-0.1, -0.05) is 30.3 Å². The molecule has 0 atom stereocenters. The minimum absolute atomic E-state index is 0.871. The Hall–Kier alpha value is -0.860. The number of rotatable bonds is 6. The Morgan fingerprint density at radius 2 is 1.74 bits per heavy atom. The minimum Gasteiger partial charge on any atom is -0.314 e. The van der Waals surface area contributed by atoms with Crippen LogP contribution in [0.2, 0.25) is 0 Å². The normalized spacial score (nSPS) is 21.7. The predicted molar refractivity (Wildman–Crippen MR) is 80.3 cm³/mol. The van der Waals surface area contributed by atoms with Crippen LogP contribution in [0, 0.1) is 5.92 Å². The first-order valence-electron chi connectivity index (χ1n) is 7.90. The lowest BCUT2D eigenvalue weighted by atomic mass is 9.96. The number of piperidine rings is 1. The Labute approximate surface area is 117 Å². The van der Waals surface area contributed by atoms with Crippen molar-refractivity contribution in [3.05, 3.63) is 35.9 Å². The molecule has 2 heteroatoms. The summed E-state index contributed by atoms with van der Waals surface area (Å²) < 4.78 is 0. The van der Waals surface area contributed by atoms with Crippen LogP contribution in [0.1, 0.15) is 31.2 Å². The summed E-state index contributed by atoms with van der Waals surface area (Å²) in [4.78, 5) is 2.64. The lowest BCUT2D eigenvalue weighted by Crippen LogP contribution is -2.38. The Balaban J connectivity index is 1.33. The van der Waals surface area contributed by atoms with E-state index in [-0.39, 0.29) is 0 Å². The third kappa shape index (κ3) is 4.32. The fourth-order valence-electron chi connectivity index (χ4n) is 2.97. The van der Waals surface area contributed by atoms with E-state index in [1.54, 1.807) is 0 Å². The first kappa shape index (κ1) is 13.1. The Morgan fingerprint density at radius 1 is 1.00 bits per heavy atom. The summed E-state index contributed by atoms with van der Waals surface area (Å²) in [6, 6.07) is 11.7. The van der Waals surface area contributed by atoms with E-state index in [9.17, 15) is 0 Å². The summed E-state index contributed by atoms with van der Waals surface area (Å²) in [6.07, 6.45) is 6.79. The first-order valence-corrected chi connectivity index (χ1v) is 7.90. The van der Waals surface area contributed by atoms with Gasteiger partial charge in [0.05, 0.1) is 0 Å². The van der Waals surface area contributed by atoms with Gasteiger partial charge in [-0.3, -0.25) is 0 Å². The highest BCUT2D eigenvalue weighted by molar-refractivity contribution is 5.14. The maximum atomic E-state index is 3.68. The van der Waals surface area contributed by atoms with Crippen molar-refractivity contribution in [3.63, 3.8) is 0 Å². The van der Waals surface area contributed by atoms with E-state index < -0.39 is 0 Å². The van der Waals surface area contributed by atoms with Crippen molar-refractivity contribution in [2.24, 2.45) is 5.92 Å². The molecule has 1 saturated carbocycles. The molecule has 2 fully saturated rings. The van der Waals surface area contributed by atoms with Crippen LogP contribution in [0.25, 0.3) is 0 Å². The molecule has 1 aromatic rings. The van der Waals surface area contributed by atoms with Crippen LogP contribution in [-0.4, -0.2) is 37.1 Å².